The van der Waals surface area contributed by atoms with Crippen LogP contribution in [0.4, 0.5) is 26.3 Å². The zero-order chi connectivity index (χ0) is 29.2. The topological polar surface area (TPSA) is 52.2 Å². The Kier molecular flexibility index (Phi) is 7.90. The summed E-state index contributed by atoms with van der Waals surface area (Å²) >= 11 is 0. The van der Waals surface area contributed by atoms with Crippen LogP contribution in [0.2, 0.25) is 0 Å². The third kappa shape index (κ3) is 6.62. The minimum absolute atomic E-state index is 0.0345. The second-order valence-corrected chi connectivity index (χ2v) is 9.96. The number of pyridine rings is 1. The standard InChI is InChI=1S/C30H26F6N4O/c31-29(32,33)23-13-21(14-24(16-23)30(34,35)36)28(41)40-12-11-39(10-4-6-20-5-3-9-37-17-20)19-25(40)15-22-18-38-27-8-2-1-7-26(22)27/h1-9,13-14,16-18,25,38H,10-12,15,19H2/b6-4+/t25-/m1/s1. The van der Waals surface area contributed by atoms with E-state index in [1.54, 1.807) is 12.4 Å². The van der Waals surface area contributed by atoms with Crippen molar-refractivity contribution in [3.63, 3.8) is 0 Å². The zero-order valence-corrected chi connectivity index (χ0v) is 21.7. The Balaban J connectivity index is 1.44. The van der Waals surface area contributed by atoms with Gasteiger partial charge in [0.05, 0.1) is 11.1 Å². The molecule has 0 radical (unpaired) electrons. The molecule has 5 rings (SSSR count). The fraction of sp³-hybridized carbons (Fsp3) is 0.267. The number of hydrogen-bond donors (Lipinski definition) is 1. The number of hydrogen-bond acceptors (Lipinski definition) is 3. The van der Waals surface area contributed by atoms with E-state index < -0.39 is 41.0 Å². The van der Waals surface area contributed by atoms with Crippen molar-refractivity contribution in [1.29, 1.82) is 0 Å². The number of aromatic nitrogens is 2. The van der Waals surface area contributed by atoms with Crippen LogP contribution in [-0.2, 0) is 18.8 Å². The first-order valence-electron chi connectivity index (χ1n) is 12.9. The fourth-order valence-electron chi connectivity index (χ4n) is 5.14. The van der Waals surface area contributed by atoms with Crippen molar-refractivity contribution >= 4 is 22.9 Å². The number of halogens is 6. The highest BCUT2D eigenvalue weighted by atomic mass is 19.4. The predicted molar refractivity (Wildman–Crippen MR) is 143 cm³/mol. The smallest absolute Gasteiger partial charge is 0.361 e. The van der Waals surface area contributed by atoms with E-state index >= 15 is 0 Å². The lowest BCUT2D eigenvalue weighted by Gasteiger charge is -2.41. The third-order valence-electron chi connectivity index (χ3n) is 7.15. The van der Waals surface area contributed by atoms with Crippen LogP contribution < -0.4 is 0 Å². The van der Waals surface area contributed by atoms with E-state index in [0.29, 0.717) is 38.2 Å². The second-order valence-electron chi connectivity index (χ2n) is 9.96. The Labute approximate surface area is 232 Å². The summed E-state index contributed by atoms with van der Waals surface area (Å²) in [7, 11) is 0. The molecule has 3 heterocycles. The van der Waals surface area contributed by atoms with E-state index in [4.69, 9.17) is 0 Å². The first-order chi connectivity index (χ1) is 19.5. The van der Waals surface area contributed by atoms with Crippen LogP contribution in [0.3, 0.4) is 0 Å². The molecule has 1 N–H and O–H groups in total. The van der Waals surface area contributed by atoms with Crippen LogP contribution in [-0.4, -0.2) is 57.9 Å². The summed E-state index contributed by atoms with van der Waals surface area (Å²) in [6.07, 6.45) is -0.634. The van der Waals surface area contributed by atoms with Gasteiger partial charge in [-0.1, -0.05) is 36.4 Å². The summed E-state index contributed by atoms with van der Waals surface area (Å²) in [5, 5.41) is 0.937. The van der Waals surface area contributed by atoms with Crippen molar-refractivity contribution in [2.75, 3.05) is 26.2 Å². The largest absolute Gasteiger partial charge is 0.416 e. The summed E-state index contributed by atoms with van der Waals surface area (Å²) in [4.78, 5) is 24.4. The molecule has 1 aliphatic heterocycles. The molecular formula is C30H26F6N4O. The van der Waals surface area contributed by atoms with Crippen molar-refractivity contribution in [3.8, 4) is 0 Å². The molecule has 0 spiro atoms. The van der Waals surface area contributed by atoms with Crippen LogP contribution in [0.25, 0.3) is 17.0 Å². The summed E-state index contributed by atoms with van der Waals surface area (Å²) in [5.74, 6) is -0.864. The van der Waals surface area contributed by atoms with Crippen molar-refractivity contribution < 1.29 is 31.1 Å². The van der Waals surface area contributed by atoms with E-state index in [1.807, 2.05) is 54.7 Å². The maximum absolute atomic E-state index is 13.6. The number of para-hydroxylation sites is 1. The lowest BCUT2D eigenvalue weighted by atomic mass is 9.98. The molecule has 0 aliphatic carbocycles. The van der Waals surface area contributed by atoms with Gasteiger partial charge in [0.25, 0.3) is 5.91 Å². The van der Waals surface area contributed by atoms with Gasteiger partial charge in [-0.25, -0.2) is 0 Å². The van der Waals surface area contributed by atoms with E-state index in [2.05, 4.69) is 14.9 Å². The number of amides is 1. The van der Waals surface area contributed by atoms with Crippen LogP contribution >= 0.6 is 0 Å². The number of benzene rings is 2. The summed E-state index contributed by atoms with van der Waals surface area (Å²) in [6, 6.07) is 11.8. The Morgan fingerprint density at radius 3 is 2.39 bits per heavy atom. The Morgan fingerprint density at radius 1 is 0.976 bits per heavy atom. The van der Waals surface area contributed by atoms with Crippen molar-refractivity contribution in [2.24, 2.45) is 0 Å². The van der Waals surface area contributed by atoms with Gasteiger partial charge in [0.15, 0.2) is 0 Å². The molecule has 0 bridgehead atoms. The van der Waals surface area contributed by atoms with Gasteiger partial charge in [-0.3, -0.25) is 14.7 Å². The highest BCUT2D eigenvalue weighted by molar-refractivity contribution is 5.95. The van der Waals surface area contributed by atoms with E-state index in [9.17, 15) is 31.1 Å². The Bertz CT molecular complexity index is 1510. The summed E-state index contributed by atoms with van der Waals surface area (Å²) in [6.45, 7) is 1.47. The van der Waals surface area contributed by atoms with Gasteiger partial charge in [0.1, 0.15) is 0 Å². The van der Waals surface area contributed by atoms with E-state index in [-0.39, 0.29) is 12.6 Å². The third-order valence-corrected chi connectivity index (χ3v) is 7.15. The van der Waals surface area contributed by atoms with Crippen molar-refractivity contribution in [2.45, 2.75) is 24.8 Å². The van der Waals surface area contributed by atoms with Gasteiger partial charge in [-0.2, -0.15) is 26.3 Å². The van der Waals surface area contributed by atoms with E-state index in [1.165, 1.54) is 4.90 Å². The number of alkyl halides is 6. The molecule has 11 heteroatoms. The maximum Gasteiger partial charge on any atom is 0.416 e. The van der Waals surface area contributed by atoms with Gasteiger partial charge in [-0.15, -0.1) is 0 Å². The van der Waals surface area contributed by atoms with Gasteiger partial charge in [-0.05, 0) is 47.9 Å². The van der Waals surface area contributed by atoms with Crippen LogP contribution in [0, 0.1) is 0 Å². The first kappa shape index (κ1) is 28.4. The number of nitrogens with zero attached hydrogens (tertiary/aromatic N) is 3. The predicted octanol–water partition coefficient (Wildman–Crippen LogP) is 6.68. The molecule has 0 unspecified atom stereocenters. The molecule has 2 aromatic heterocycles. The highest BCUT2D eigenvalue weighted by Crippen LogP contribution is 2.37. The number of fused-ring (bicyclic) bond motifs is 1. The Hall–Kier alpha value is -4.12. The fourth-order valence-corrected chi connectivity index (χ4v) is 5.14. The molecule has 1 fully saturated rings. The van der Waals surface area contributed by atoms with Gasteiger partial charge in [0, 0.05) is 67.3 Å². The molecule has 214 valence electrons. The Morgan fingerprint density at radius 2 is 1.71 bits per heavy atom. The molecule has 1 atom stereocenters. The molecular weight excluding hydrogens is 546 g/mol. The van der Waals surface area contributed by atoms with Gasteiger partial charge < -0.3 is 9.88 Å². The zero-order valence-electron chi connectivity index (χ0n) is 21.7. The molecule has 4 aromatic rings. The quantitative estimate of drug-likeness (QED) is 0.262. The number of carbonyl (C=O) groups is 1. The molecule has 2 aromatic carbocycles. The monoisotopic (exact) mass is 572 g/mol. The van der Waals surface area contributed by atoms with Crippen LogP contribution in [0.5, 0.6) is 0 Å². The number of aromatic amines is 1. The summed E-state index contributed by atoms with van der Waals surface area (Å²) < 4.78 is 81.0. The normalized spacial score (nSPS) is 17.0. The number of H-pyrrole nitrogens is 1. The average Bonchev–Trinajstić information content (AvgIpc) is 3.35. The van der Waals surface area contributed by atoms with E-state index in [0.717, 1.165) is 22.0 Å². The molecule has 0 saturated carbocycles. The van der Waals surface area contributed by atoms with Gasteiger partial charge in [0.2, 0.25) is 0 Å². The highest BCUT2D eigenvalue weighted by Gasteiger charge is 2.39. The summed E-state index contributed by atoms with van der Waals surface area (Å²) in [5.41, 5.74) is -0.954. The molecule has 1 aliphatic rings. The molecule has 5 nitrogen and oxygen atoms in total. The second kappa shape index (κ2) is 11.4. The van der Waals surface area contributed by atoms with Crippen molar-refractivity contribution in [1.82, 2.24) is 19.8 Å². The van der Waals surface area contributed by atoms with Crippen LogP contribution in [0.15, 0.2) is 79.3 Å². The van der Waals surface area contributed by atoms with Gasteiger partial charge >= 0.3 is 12.4 Å². The average molecular weight is 573 g/mol. The molecule has 1 saturated heterocycles. The van der Waals surface area contributed by atoms with Crippen molar-refractivity contribution in [3.05, 3.63) is 107 Å². The minimum Gasteiger partial charge on any atom is -0.361 e. The SMILES string of the molecule is O=C(c1cc(C(F)(F)F)cc(C(F)(F)F)c1)N1CCN(C/C=C/c2cccnc2)C[C@H]1Cc1c[nH]c2ccccc12. The molecule has 41 heavy (non-hydrogen) atoms. The lowest BCUT2D eigenvalue weighted by molar-refractivity contribution is -0.143. The van der Waals surface area contributed by atoms with Crippen LogP contribution in [0.1, 0.15) is 32.6 Å². The first-order valence-corrected chi connectivity index (χ1v) is 12.9. The number of piperazine rings is 1. The number of rotatable bonds is 6. The molecule has 1 amide bonds. The lowest BCUT2D eigenvalue weighted by Crippen LogP contribution is -2.56. The maximum atomic E-state index is 13.6. The number of carbonyl (C=O) groups excluding carboxylic acids is 1. The minimum atomic E-state index is -5.04. The number of nitrogens with one attached hydrogen (secondary N) is 1.